The van der Waals surface area contributed by atoms with Crippen molar-refractivity contribution in [2.45, 2.75) is 0 Å². The van der Waals surface area contributed by atoms with Crippen molar-refractivity contribution in [3.8, 4) is 11.5 Å². The summed E-state index contributed by atoms with van der Waals surface area (Å²) < 4.78 is 15.8. The summed E-state index contributed by atoms with van der Waals surface area (Å²) >= 11 is 0. The molecule has 1 saturated heterocycles. The Bertz CT molecular complexity index is 895. The predicted molar refractivity (Wildman–Crippen MR) is 96.6 cm³/mol. The van der Waals surface area contributed by atoms with Crippen LogP contribution in [0.25, 0.3) is 0 Å². The molecule has 1 fully saturated rings. The van der Waals surface area contributed by atoms with E-state index in [2.05, 4.69) is 10.2 Å². The molecule has 0 bridgehead atoms. The van der Waals surface area contributed by atoms with Crippen LogP contribution in [0.5, 0.6) is 11.5 Å². The second kappa shape index (κ2) is 7.12. The van der Waals surface area contributed by atoms with Gasteiger partial charge in [-0.25, -0.2) is 0 Å². The molecular formula is C18H17N3O6. The first-order valence-corrected chi connectivity index (χ1v) is 8.44. The van der Waals surface area contributed by atoms with Crippen LogP contribution in [0.2, 0.25) is 0 Å². The third-order valence-corrected chi connectivity index (χ3v) is 4.44. The smallest absolute Gasteiger partial charge is 0.286 e. The van der Waals surface area contributed by atoms with Gasteiger partial charge in [0, 0.05) is 19.2 Å². The quantitative estimate of drug-likeness (QED) is 0.650. The normalized spacial score (nSPS) is 15.5. The fourth-order valence-electron chi connectivity index (χ4n) is 3.11. The first-order valence-electron chi connectivity index (χ1n) is 8.44. The number of carbonyl (C=O) groups is 1. The molecule has 27 heavy (non-hydrogen) atoms. The van der Waals surface area contributed by atoms with E-state index in [0.717, 1.165) is 5.69 Å². The Morgan fingerprint density at radius 1 is 1.11 bits per heavy atom. The standard InChI is InChI=1S/C18H17N3O6/c22-18(12-9-16-17(27-11-26-16)10-15(12)21(23)24)19-13-3-1-2-4-14(13)20-5-7-25-8-6-20/h1-4,9-10H,5-8,11H2,(H,19,22). The average molecular weight is 371 g/mol. The summed E-state index contributed by atoms with van der Waals surface area (Å²) in [4.78, 5) is 25.7. The minimum Gasteiger partial charge on any atom is -0.454 e. The van der Waals surface area contributed by atoms with Crippen LogP contribution in [-0.4, -0.2) is 43.9 Å². The van der Waals surface area contributed by atoms with E-state index in [-0.39, 0.29) is 23.8 Å². The monoisotopic (exact) mass is 371 g/mol. The second-order valence-corrected chi connectivity index (χ2v) is 6.05. The molecule has 9 heteroatoms. The molecule has 1 amide bonds. The molecule has 2 aromatic rings. The highest BCUT2D eigenvalue weighted by Gasteiger charge is 2.28. The van der Waals surface area contributed by atoms with Crippen molar-refractivity contribution in [3.05, 3.63) is 52.1 Å². The molecule has 2 aromatic carbocycles. The minimum absolute atomic E-state index is 0.0303. The fourth-order valence-corrected chi connectivity index (χ4v) is 3.11. The molecule has 9 nitrogen and oxygen atoms in total. The highest BCUT2D eigenvalue weighted by Crippen LogP contribution is 2.38. The molecular weight excluding hydrogens is 354 g/mol. The summed E-state index contributed by atoms with van der Waals surface area (Å²) in [6.07, 6.45) is 0. The molecule has 140 valence electrons. The minimum atomic E-state index is -0.606. The predicted octanol–water partition coefficient (Wildman–Crippen LogP) is 2.41. The molecule has 4 rings (SSSR count). The van der Waals surface area contributed by atoms with E-state index >= 15 is 0 Å². The number of morpholine rings is 1. The third-order valence-electron chi connectivity index (χ3n) is 4.44. The number of benzene rings is 2. The Balaban J connectivity index is 1.65. The molecule has 0 radical (unpaired) electrons. The number of nitro benzene ring substituents is 1. The number of nitrogens with zero attached hydrogens (tertiary/aromatic N) is 2. The molecule has 0 aliphatic carbocycles. The van der Waals surface area contributed by atoms with Crippen LogP contribution in [0.1, 0.15) is 10.4 Å². The average Bonchev–Trinajstić information content (AvgIpc) is 3.15. The molecule has 0 unspecified atom stereocenters. The van der Waals surface area contributed by atoms with Crippen LogP contribution in [0.3, 0.4) is 0 Å². The largest absolute Gasteiger partial charge is 0.454 e. The van der Waals surface area contributed by atoms with Gasteiger partial charge < -0.3 is 24.4 Å². The lowest BCUT2D eigenvalue weighted by atomic mass is 10.1. The van der Waals surface area contributed by atoms with Crippen molar-refractivity contribution in [3.63, 3.8) is 0 Å². The lowest BCUT2D eigenvalue weighted by Gasteiger charge is -2.30. The third kappa shape index (κ3) is 3.36. The van der Waals surface area contributed by atoms with Gasteiger partial charge in [-0.1, -0.05) is 12.1 Å². The van der Waals surface area contributed by atoms with Gasteiger partial charge in [-0.15, -0.1) is 0 Å². The number of ether oxygens (including phenoxy) is 3. The van der Waals surface area contributed by atoms with E-state index in [9.17, 15) is 14.9 Å². The van der Waals surface area contributed by atoms with Gasteiger partial charge in [0.1, 0.15) is 5.56 Å². The van der Waals surface area contributed by atoms with Crippen LogP contribution in [0.15, 0.2) is 36.4 Å². The van der Waals surface area contributed by atoms with Crippen molar-refractivity contribution in [1.29, 1.82) is 0 Å². The Kier molecular flexibility index (Phi) is 4.51. The van der Waals surface area contributed by atoms with Gasteiger partial charge in [-0.3, -0.25) is 14.9 Å². The van der Waals surface area contributed by atoms with Crippen molar-refractivity contribution in [1.82, 2.24) is 0 Å². The number of carbonyl (C=O) groups excluding carboxylic acids is 1. The van der Waals surface area contributed by atoms with Crippen LogP contribution < -0.4 is 19.7 Å². The van der Waals surface area contributed by atoms with Gasteiger partial charge in [-0.2, -0.15) is 0 Å². The first-order chi connectivity index (χ1) is 13.1. The fraction of sp³-hybridized carbons (Fsp3) is 0.278. The molecule has 0 saturated carbocycles. The van der Waals surface area contributed by atoms with Crippen LogP contribution in [-0.2, 0) is 4.74 Å². The highest BCUT2D eigenvalue weighted by atomic mass is 16.7. The second-order valence-electron chi connectivity index (χ2n) is 6.05. The highest BCUT2D eigenvalue weighted by molar-refractivity contribution is 6.09. The molecule has 0 atom stereocenters. The summed E-state index contributed by atoms with van der Waals surface area (Å²) in [5.41, 5.74) is 1.01. The topological polar surface area (TPSA) is 103 Å². The zero-order chi connectivity index (χ0) is 18.8. The number of fused-ring (bicyclic) bond motifs is 1. The molecule has 2 aliphatic heterocycles. The van der Waals surface area contributed by atoms with Crippen molar-refractivity contribution < 1.29 is 23.9 Å². The lowest BCUT2D eigenvalue weighted by Crippen LogP contribution is -2.36. The van der Waals surface area contributed by atoms with Gasteiger partial charge >= 0.3 is 0 Å². The van der Waals surface area contributed by atoms with E-state index in [0.29, 0.717) is 37.7 Å². The number of para-hydroxylation sites is 2. The molecule has 2 heterocycles. The number of hydrogen-bond acceptors (Lipinski definition) is 7. The maximum Gasteiger partial charge on any atom is 0.286 e. The summed E-state index contributed by atoms with van der Waals surface area (Å²) in [6.45, 7) is 2.59. The van der Waals surface area contributed by atoms with Gasteiger partial charge in [0.15, 0.2) is 11.5 Å². The van der Waals surface area contributed by atoms with E-state index in [4.69, 9.17) is 14.2 Å². The van der Waals surface area contributed by atoms with E-state index < -0.39 is 10.8 Å². The zero-order valence-corrected chi connectivity index (χ0v) is 14.3. The number of amides is 1. The Morgan fingerprint density at radius 2 is 1.81 bits per heavy atom. The molecule has 1 N–H and O–H groups in total. The Labute approximate surface area is 154 Å². The van der Waals surface area contributed by atoms with Crippen molar-refractivity contribution >= 4 is 23.0 Å². The Hall–Kier alpha value is -3.33. The van der Waals surface area contributed by atoms with Crippen LogP contribution >= 0.6 is 0 Å². The number of anilines is 2. The van der Waals surface area contributed by atoms with E-state index in [1.165, 1.54) is 12.1 Å². The summed E-state index contributed by atoms with van der Waals surface area (Å²) in [6, 6.07) is 9.89. The SMILES string of the molecule is O=C(Nc1ccccc1N1CCOCC1)c1cc2c(cc1[N+](=O)[O-])OCO2. The van der Waals surface area contributed by atoms with E-state index in [1.807, 2.05) is 12.1 Å². The number of nitro groups is 1. The summed E-state index contributed by atoms with van der Waals surface area (Å²) in [5.74, 6) is -0.0140. The maximum atomic E-state index is 12.8. The van der Waals surface area contributed by atoms with Crippen LogP contribution in [0, 0.1) is 10.1 Å². The molecule has 2 aliphatic rings. The van der Waals surface area contributed by atoms with Gasteiger partial charge in [0.05, 0.1) is 35.6 Å². The number of nitrogens with one attached hydrogen (secondary N) is 1. The zero-order valence-electron chi connectivity index (χ0n) is 14.3. The Morgan fingerprint density at radius 3 is 2.56 bits per heavy atom. The van der Waals surface area contributed by atoms with Gasteiger partial charge in [0.25, 0.3) is 11.6 Å². The van der Waals surface area contributed by atoms with Gasteiger partial charge in [-0.05, 0) is 12.1 Å². The van der Waals surface area contributed by atoms with Gasteiger partial charge in [0.2, 0.25) is 6.79 Å². The first kappa shape index (κ1) is 17.1. The van der Waals surface area contributed by atoms with Crippen molar-refractivity contribution in [2.75, 3.05) is 43.3 Å². The number of hydrogen-bond donors (Lipinski definition) is 1. The van der Waals surface area contributed by atoms with Crippen molar-refractivity contribution in [2.24, 2.45) is 0 Å². The van der Waals surface area contributed by atoms with E-state index in [1.54, 1.807) is 12.1 Å². The number of rotatable bonds is 4. The molecule has 0 aromatic heterocycles. The molecule has 0 spiro atoms. The van der Waals surface area contributed by atoms with Crippen LogP contribution in [0.4, 0.5) is 17.1 Å². The summed E-state index contributed by atoms with van der Waals surface area (Å²) in [7, 11) is 0. The summed E-state index contributed by atoms with van der Waals surface area (Å²) in [5, 5.41) is 14.2. The maximum absolute atomic E-state index is 12.8. The lowest BCUT2D eigenvalue weighted by molar-refractivity contribution is -0.385.